The molecular weight excluding hydrogens is 214 g/mol. The minimum Gasteiger partial charge on any atom is -0.313 e. The molecule has 90 valence electrons. The van der Waals surface area contributed by atoms with Crippen molar-refractivity contribution in [2.24, 2.45) is 11.1 Å². The van der Waals surface area contributed by atoms with E-state index in [1.54, 1.807) is 30.5 Å². The first kappa shape index (κ1) is 11.8. The summed E-state index contributed by atoms with van der Waals surface area (Å²) < 4.78 is 0. The molecule has 0 saturated heterocycles. The molecule has 0 bridgehead atoms. The van der Waals surface area contributed by atoms with Gasteiger partial charge in [-0.05, 0) is 30.9 Å². The van der Waals surface area contributed by atoms with E-state index in [1.807, 2.05) is 6.07 Å². The van der Waals surface area contributed by atoms with Crippen molar-refractivity contribution in [3.8, 4) is 0 Å². The molecule has 1 fully saturated rings. The second-order valence-corrected chi connectivity index (χ2v) is 4.40. The zero-order valence-corrected chi connectivity index (χ0v) is 9.84. The second kappa shape index (κ2) is 6.18. The Labute approximate surface area is 101 Å². The Morgan fingerprint density at radius 1 is 1.18 bits per heavy atom. The van der Waals surface area contributed by atoms with E-state index >= 15 is 0 Å². The summed E-state index contributed by atoms with van der Waals surface area (Å²) in [6.45, 7) is 0. The van der Waals surface area contributed by atoms with E-state index in [2.05, 4.69) is 5.16 Å². The van der Waals surface area contributed by atoms with Crippen LogP contribution in [0.15, 0.2) is 35.5 Å². The minimum atomic E-state index is -0.391. The molecule has 3 heteroatoms. The predicted octanol–water partition coefficient (Wildman–Crippen LogP) is 3.41. The first-order valence-electron chi connectivity index (χ1n) is 6.16. The predicted molar refractivity (Wildman–Crippen MR) is 66.9 cm³/mol. The summed E-state index contributed by atoms with van der Waals surface area (Å²) in [4.78, 5) is 16.4. The van der Waals surface area contributed by atoms with E-state index in [0.29, 0.717) is 11.5 Å². The first-order chi connectivity index (χ1) is 8.36. The normalized spacial score (nSPS) is 17.2. The van der Waals surface area contributed by atoms with Crippen molar-refractivity contribution >= 4 is 12.2 Å². The highest BCUT2D eigenvalue weighted by molar-refractivity contribution is 5.89. The van der Waals surface area contributed by atoms with Gasteiger partial charge in [-0.3, -0.25) is 0 Å². The summed E-state index contributed by atoms with van der Waals surface area (Å²) in [5.41, 5.74) is 0.535. The van der Waals surface area contributed by atoms with Crippen LogP contribution in [-0.4, -0.2) is 12.2 Å². The third-order valence-corrected chi connectivity index (χ3v) is 3.07. The van der Waals surface area contributed by atoms with E-state index in [-0.39, 0.29) is 0 Å². The van der Waals surface area contributed by atoms with Crippen molar-refractivity contribution in [1.29, 1.82) is 0 Å². The van der Waals surface area contributed by atoms with Gasteiger partial charge in [-0.1, -0.05) is 42.6 Å². The first-order valence-corrected chi connectivity index (χ1v) is 6.16. The average molecular weight is 231 g/mol. The quantitative estimate of drug-likeness (QED) is 0.454. The SMILES string of the molecule is O=C(O/N=C\C1CCCCC1)c1ccccc1. The molecule has 0 N–H and O–H groups in total. The Bertz CT molecular complexity index is 380. The molecule has 3 nitrogen and oxygen atoms in total. The van der Waals surface area contributed by atoms with Crippen LogP contribution < -0.4 is 0 Å². The van der Waals surface area contributed by atoms with Gasteiger partial charge < -0.3 is 4.84 Å². The van der Waals surface area contributed by atoms with Gasteiger partial charge in [-0.2, -0.15) is 0 Å². The molecule has 1 aliphatic rings. The zero-order valence-electron chi connectivity index (χ0n) is 9.84. The Kier molecular flexibility index (Phi) is 4.30. The van der Waals surface area contributed by atoms with E-state index in [1.165, 1.54) is 19.3 Å². The highest BCUT2D eigenvalue weighted by Crippen LogP contribution is 2.21. The highest BCUT2D eigenvalue weighted by Gasteiger charge is 2.11. The van der Waals surface area contributed by atoms with Crippen LogP contribution in [0.5, 0.6) is 0 Å². The molecule has 0 aromatic heterocycles. The van der Waals surface area contributed by atoms with Gasteiger partial charge in [0.1, 0.15) is 0 Å². The van der Waals surface area contributed by atoms with Crippen LogP contribution in [0, 0.1) is 5.92 Å². The molecule has 1 aromatic carbocycles. The van der Waals surface area contributed by atoms with Crippen molar-refractivity contribution in [2.45, 2.75) is 32.1 Å². The van der Waals surface area contributed by atoms with Crippen molar-refractivity contribution < 1.29 is 9.63 Å². The number of carbonyl (C=O) groups is 1. The number of carbonyl (C=O) groups excluding carboxylic acids is 1. The van der Waals surface area contributed by atoms with Crippen LogP contribution in [0.1, 0.15) is 42.5 Å². The number of benzene rings is 1. The number of oxime groups is 1. The molecule has 2 rings (SSSR count). The van der Waals surface area contributed by atoms with Crippen LogP contribution in [0.3, 0.4) is 0 Å². The van der Waals surface area contributed by atoms with Crippen molar-refractivity contribution in [3.63, 3.8) is 0 Å². The van der Waals surface area contributed by atoms with Gasteiger partial charge in [0.15, 0.2) is 0 Å². The lowest BCUT2D eigenvalue weighted by Crippen LogP contribution is -2.08. The van der Waals surface area contributed by atoms with Crippen LogP contribution >= 0.6 is 0 Å². The van der Waals surface area contributed by atoms with Gasteiger partial charge in [-0.15, -0.1) is 0 Å². The lowest BCUT2D eigenvalue weighted by atomic mass is 9.90. The molecule has 0 aliphatic heterocycles. The fraction of sp³-hybridized carbons (Fsp3) is 0.429. The van der Waals surface area contributed by atoms with Crippen LogP contribution in [0.25, 0.3) is 0 Å². The highest BCUT2D eigenvalue weighted by atomic mass is 16.7. The van der Waals surface area contributed by atoms with Gasteiger partial charge in [-0.25, -0.2) is 4.79 Å². The molecule has 0 amide bonds. The van der Waals surface area contributed by atoms with E-state index in [9.17, 15) is 4.79 Å². The lowest BCUT2D eigenvalue weighted by Gasteiger charge is -2.16. The van der Waals surface area contributed by atoms with Gasteiger partial charge in [0.25, 0.3) is 0 Å². The molecule has 1 aromatic rings. The fourth-order valence-corrected chi connectivity index (χ4v) is 2.07. The molecule has 17 heavy (non-hydrogen) atoms. The second-order valence-electron chi connectivity index (χ2n) is 4.40. The maximum Gasteiger partial charge on any atom is 0.365 e. The number of hydrogen-bond acceptors (Lipinski definition) is 3. The number of hydrogen-bond donors (Lipinski definition) is 0. The molecule has 0 radical (unpaired) electrons. The molecule has 0 unspecified atom stereocenters. The molecule has 0 spiro atoms. The van der Waals surface area contributed by atoms with E-state index in [0.717, 1.165) is 12.8 Å². The van der Waals surface area contributed by atoms with Gasteiger partial charge in [0, 0.05) is 6.21 Å². The number of nitrogens with zero attached hydrogens (tertiary/aromatic N) is 1. The van der Waals surface area contributed by atoms with E-state index < -0.39 is 5.97 Å². The molecular formula is C14H17NO2. The zero-order chi connectivity index (χ0) is 11.9. The third kappa shape index (κ3) is 3.70. The standard InChI is InChI=1S/C14H17NO2/c16-14(13-9-5-2-6-10-13)17-15-11-12-7-3-1-4-8-12/h2,5-6,9-12H,1,3-4,7-8H2/b15-11-. The summed E-state index contributed by atoms with van der Waals surface area (Å²) in [6.07, 6.45) is 7.92. The molecule has 1 saturated carbocycles. The maximum absolute atomic E-state index is 11.6. The van der Waals surface area contributed by atoms with Crippen molar-refractivity contribution in [3.05, 3.63) is 35.9 Å². The van der Waals surface area contributed by atoms with Crippen LogP contribution in [0.2, 0.25) is 0 Å². The smallest absolute Gasteiger partial charge is 0.313 e. The monoisotopic (exact) mass is 231 g/mol. The Balaban J connectivity index is 1.81. The summed E-state index contributed by atoms with van der Waals surface area (Å²) in [7, 11) is 0. The number of rotatable bonds is 3. The van der Waals surface area contributed by atoms with Crippen molar-refractivity contribution in [2.75, 3.05) is 0 Å². The molecule has 0 atom stereocenters. The maximum atomic E-state index is 11.6. The van der Waals surface area contributed by atoms with Gasteiger partial charge >= 0.3 is 5.97 Å². The summed E-state index contributed by atoms with van der Waals surface area (Å²) >= 11 is 0. The van der Waals surface area contributed by atoms with E-state index in [4.69, 9.17) is 4.84 Å². The summed E-state index contributed by atoms with van der Waals surface area (Å²) in [5.74, 6) is 0.0879. The third-order valence-electron chi connectivity index (χ3n) is 3.07. The molecule has 0 heterocycles. The lowest BCUT2D eigenvalue weighted by molar-refractivity contribution is 0.0516. The molecule has 1 aliphatic carbocycles. The summed E-state index contributed by atoms with van der Waals surface area (Å²) in [5, 5.41) is 3.80. The topological polar surface area (TPSA) is 38.7 Å². The Hall–Kier alpha value is -1.64. The van der Waals surface area contributed by atoms with Gasteiger partial charge in [0.2, 0.25) is 0 Å². The largest absolute Gasteiger partial charge is 0.365 e. The van der Waals surface area contributed by atoms with Crippen LogP contribution in [0.4, 0.5) is 0 Å². The minimum absolute atomic E-state index is 0.391. The van der Waals surface area contributed by atoms with Crippen molar-refractivity contribution in [1.82, 2.24) is 0 Å². The average Bonchev–Trinajstić information content (AvgIpc) is 2.41. The van der Waals surface area contributed by atoms with Crippen LogP contribution in [-0.2, 0) is 4.84 Å². The van der Waals surface area contributed by atoms with Gasteiger partial charge in [0.05, 0.1) is 5.56 Å². The Morgan fingerprint density at radius 3 is 2.59 bits per heavy atom. The Morgan fingerprint density at radius 2 is 1.88 bits per heavy atom. The summed E-state index contributed by atoms with van der Waals surface area (Å²) in [6, 6.07) is 8.92. The fourth-order valence-electron chi connectivity index (χ4n) is 2.07.